The van der Waals surface area contributed by atoms with Crippen molar-refractivity contribution in [3.63, 3.8) is 0 Å². The number of fused-ring (bicyclic) bond motifs is 1. The minimum Gasteiger partial charge on any atom is -0.374 e. The molecule has 4 rings (SSSR count). The molecule has 1 aromatic heterocycles. The molecule has 1 fully saturated rings. The SMILES string of the molecule is NC(=O)c1cnc(N[C@@H]2CCCC[C@@H]2N)nc1Nc1ccc2c(c1)NCC(=O)N2. The van der Waals surface area contributed by atoms with Crippen molar-refractivity contribution in [2.24, 2.45) is 11.5 Å². The molecule has 2 aromatic rings. The Morgan fingerprint density at radius 1 is 1.21 bits per heavy atom. The number of hydrogen-bond acceptors (Lipinski definition) is 8. The van der Waals surface area contributed by atoms with Crippen LogP contribution < -0.4 is 32.7 Å². The molecule has 10 heteroatoms. The molecule has 152 valence electrons. The van der Waals surface area contributed by atoms with Crippen molar-refractivity contribution in [2.45, 2.75) is 37.8 Å². The van der Waals surface area contributed by atoms with Gasteiger partial charge < -0.3 is 32.7 Å². The highest BCUT2D eigenvalue weighted by molar-refractivity contribution is 6.01. The van der Waals surface area contributed by atoms with Crippen molar-refractivity contribution >= 4 is 40.6 Å². The molecule has 1 aliphatic carbocycles. The topological polar surface area (TPSA) is 160 Å². The van der Waals surface area contributed by atoms with E-state index in [1.165, 1.54) is 6.20 Å². The van der Waals surface area contributed by atoms with Crippen molar-refractivity contribution < 1.29 is 9.59 Å². The summed E-state index contributed by atoms with van der Waals surface area (Å²) in [5, 5.41) is 12.2. The van der Waals surface area contributed by atoms with E-state index < -0.39 is 5.91 Å². The Morgan fingerprint density at radius 2 is 2.03 bits per heavy atom. The van der Waals surface area contributed by atoms with E-state index in [0.29, 0.717) is 23.1 Å². The van der Waals surface area contributed by atoms with Crippen LogP contribution in [0.15, 0.2) is 24.4 Å². The van der Waals surface area contributed by atoms with Crippen LogP contribution in [0.5, 0.6) is 0 Å². The predicted octanol–water partition coefficient (Wildman–Crippen LogP) is 1.36. The maximum atomic E-state index is 11.8. The standard InChI is InChI=1S/C19H24N8O2/c20-12-3-1-2-4-13(12)26-19-23-8-11(17(21)29)18(27-19)24-10-5-6-14-15(7-10)22-9-16(28)25-14/h5-8,12-13,22H,1-4,9,20H2,(H2,21,29)(H,25,28)(H2,23,24,26,27)/t12-,13+/m0/s1. The smallest absolute Gasteiger partial charge is 0.254 e. The predicted molar refractivity (Wildman–Crippen MR) is 111 cm³/mol. The number of aromatic nitrogens is 2. The molecule has 2 atom stereocenters. The van der Waals surface area contributed by atoms with E-state index in [-0.39, 0.29) is 30.1 Å². The molecule has 2 heterocycles. The first kappa shape index (κ1) is 18.9. The molecule has 8 N–H and O–H groups in total. The van der Waals surface area contributed by atoms with Crippen LogP contribution >= 0.6 is 0 Å². The van der Waals surface area contributed by atoms with E-state index in [1.54, 1.807) is 12.1 Å². The van der Waals surface area contributed by atoms with Gasteiger partial charge in [0.2, 0.25) is 11.9 Å². The quantitative estimate of drug-likeness (QED) is 0.442. The highest BCUT2D eigenvalue weighted by Crippen LogP contribution is 2.30. The van der Waals surface area contributed by atoms with Gasteiger partial charge in [0.05, 0.1) is 17.9 Å². The van der Waals surface area contributed by atoms with E-state index in [4.69, 9.17) is 11.5 Å². The number of nitrogens with one attached hydrogen (secondary N) is 4. The number of rotatable bonds is 5. The first-order valence-corrected chi connectivity index (χ1v) is 9.63. The molecule has 1 saturated carbocycles. The molecule has 29 heavy (non-hydrogen) atoms. The summed E-state index contributed by atoms with van der Waals surface area (Å²) in [6.45, 7) is 0.201. The Hall–Kier alpha value is -3.40. The molecule has 0 bridgehead atoms. The Kier molecular flexibility index (Phi) is 5.17. The van der Waals surface area contributed by atoms with Crippen molar-refractivity contribution in [1.82, 2.24) is 9.97 Å². The van der Waals surface area contributed by atoms with Crippen LogP contribution in [0.3, 0.4) is 0 Å². The Bertz CT molecular complexity index is 948. The number of amides is 2. The monoisotopic (exact) mass is 396 g/mol. The lowest BCUT2D eigenvalue weighted by Gasteiger charge is -2.29. The third-order valence-corrected chi connectivity index (χ3v) is 5.18. The zero-order valence-electron chi connectivity index (χ0n) is 15.9. The molecular formula is C19H24N8O2. The number of nitrogens with two attached hydrogens (primary N) is 2. The fourth-order valence-electron chi connectivity index (χ4n) is 3.62. The van der Waals surface area contributed by atoms with Crippen LogP contribution in [0.1, 0.15) is 36.0 Å². The fourth-order valence-corrected chi connectivity index (χ4v) is 3.62. The molecule has 1 aromatic carbocycles. The molecule has 2 amide bonds. The lowest BCUT2D eigenvalue weighted by molar-refractivity contribution is -0.114. The van der Waals surface area contributed by atoms with Gasteiger partial charge in [0, 0.05) is 24.0 Å². The summed E-state index contributed by atoms with van der Waals surface area (Å²) in [5.74, 6) is -0.0270. The summed E-state index contributed by atoms with van der Waals surface area (Å²) in [5.41, 5.74) is 14.0. The number of carbonyl (C=O) groups is 2. The van der Waals surface area contributed by atoms with Gasteiger partial charge in [-0.15, -0.1) is 0 Å². The number of primary amides is 1. The largest absolute Gasteiger partial charge is 0.374 e. The first-order chi connectivity index (χ1) is 14.0. The fraction of sp³-hybridized carbons (Fsp3) is 0.368. The van der Waals surface area contributed by atoms with Crippen molar-refractivity contribution in [2.75, 3.05) is 27.8 Å². The number of nitrogens with zero attached hydrogens (tertiary/aromatic N) is 2. The normalized spacial score (nSPS) is 20.8. The summed E-state index contributed by atoms with van der Waals surface area (Å²) >= 11 is 0. The molecule has 0 spiro atoms. The van der Waals surface area contributed by atoms with Crippen molar-refractivity contribution in [1.29, 1.82) is 0 Å². The summed E-state index contributed by atoms with van der Waals surface area (Å²) in [6, 6.07) is 5.51. The zero-order chi connectivity index (χ0) is 20.4. The number of benzene rings is 1. The second-order valence-electron chi connectivity index (χ2n) is 7.31. The molecule has 0 saturated heterocycles. The molecule has 2 aliphatic rings. The summed E-state index contributed by atoms with van der Waals surface area (Å²) in [4.78, 5) is 32.0. The summed E-state index contributed by atoms with van der Waals surface area (Å²) < 4.78 is 0. The summed E-state index contributed by atoms with van der Waals surface area (Å²) in [7, 11) is 0. The molecule has 0 radical (unpaired) electrons. The third-order valence-electron chi connectivity index (χ3n) is 5.18. The number of carbonyl (C=O) groups excluding carboxylic acids is 2. The van der Waals surface area contributed by atoms with Gasteiger partial charge in [0.15, 0.2) is 0 Å². The van der Waals surface area contributed by atoms with E-state index in [1.807, 2.05) is 6.07 Å². The third kappa shape index (κ3) is 4.21. The van der Waals surface area contributed by atoms with Crippen molar-refractivity contribution in [3.05, 3.63) is 30.0 Å². The minimum atomic E-state index is -0.628. The molecule has 1 aliphatic heterocycles. The van der Waals surface area contributed by atoms with E-state index in [9.17, 15) is 9.59 Å². The zero-order valence-corrected chi connectivity index (χ0v) is 15.9. The Labute approximate surface area is 167 Å². The average Bonchev–Trinajstić information content (AvgIpc) is 2.70. The van der Waals surface area contributed by atoms with Gasteiger partial charge in [0.1, 0.15) is 11.4 Å². The van der Waals surface area contributed by atoms with Gasteiger partial charge in [-0.1, -0.05) is 12.8 Å². The van der Waals surface area contributed by atoms with Gasteiger partial charge >= 0.3 is 0 Å². The highest BCUT2D eigenvalue weighted by Gasteiger charge is 2.23. The second-order valence-corrected chi connectivity index (χ2v) is 7.31. The number of anilines is 5. The van der Waals surface area contributed by atoms with Crippen LogP contribution in [-0.2, 0) is 4.79 Å². The van der Waals surface area contributed by atoms with Gasteiger partial charge in [-0.3, -0.25) is 9.59 Å². The Morgan fingerprint density at radius 3 is 2.83 bits per heavy atom. The Balaban J connectivity index is 1.58. The minimum absolute atomic E-state index is 0.0431. The first-order valence-electron chi connectivity index (χ1n) is 9.63. The van der Waals surface area contributed by atoms with Crippen LogP contribution in [0, 0.1) is 0 Å². The van der Waals surface area contributed by atoms with Gasteiger partial charge in [0.25, 0.3) is 5.91 Å². The molecule has 10 nitrogen and oxygen atoms in total. The van der Waals surface area contributed by atoms with Gasteiger partial charge in [-0.25, -0.2) is 4.98 Å². The van der Waals surface area contributed by atoms with Gasteiger partial charge in [-0.05, 0) is 31.0 Å². The molecule has 0 unspecified atom stereocenters. The van der Waals surface area contributed by atoms with E-state index in [2.05, 4.69) is 31.2 Å². The average molecular weight is 396 g/mol. The van der Waals surface area contributed by atoms with Crippen LogP contribution in [0.2, 0.25) is 0 Å². The number of hydrogen-bond donors (Lipinski definition) is 6. The van der Waals surface area contributed by atoms with E-state index in [0.717, 1.165) is 31.4 Å². The lowest BCUT2D eigenvalue weighted by Crippen LogP contribution is -2.43. The maximum Gasteiger partial charge on any atom is 0.254 e. The molecular weight excluding hydrogens is 372 g/mol. The highest BCUT2D eigenvalue weighted by atomic mass is 16.2. The second kappa shape index (κ2) is 7.92. The van der Waals surface area contributed by atoms with E-state index >= 15 is 0 Å². The van der Waals surface area contributed by atoms with Gasteiger partial charge in [-0.2, -0.15) is 4.98 Å². The lowest BCUT2D eigenvalue weighted by atomic mass is 9.91. The van der Waals surface area contributed by atoms with Crippen LogP contribution in [0.25, 0.3) is 0 Å². The van der Waals surface area contributed by atoms with Crippen LogP contribution in [0.4, 0.5) is 28.8 Å². The summed E-state index contributed by atoms with van der Waals surface area (Å²) in [6.07, 6.45) is 5.55. The van der Waals surface area contributed by atoms with Crippen molar-refractivity contribution in [3.8, 4) is 0 Å². The maximum absolute atomic E-state index is 11.8. The van der Waals surface area contributed by atoms with Crippen LogP contribution in [-0.4, -0.2) is 40.4 Å².